The number of nitrogens with one attached hydrogen (secondary N) is 1. The minimum absolute atomic E-state index is 0.267. The second-order valence-corrected chi connectivity index (χ2v) is 6.89. The molecule has 0 bridgehead atoms. The van der Waals surface area contributed by atoms with Crippen molar-refractivity contribution in [2.24, 2.45) is 11.3 Å². The molecule has 0 heterocycles. The van der Waals surface area contributed by atoms with Crippen molar-refractivity contribution in [2.75, 3.05) is 0 Å². The summed E-state index contributed by atoms with van der Waals surface area (Å²) < 4.78 is 5.23. The van der Waals surface area contributed by atoms with Crippen molar-refractivity contribution in [3.8, 4) is 6.07 Å². The van der Waals surface area contributed by atoms with Crippen molar-refractivity contribution >= 4 is 6.09 Å². The number of alkyl carbamates (subject to hydrolysis) is 1. The monoisotopic (exact) mass is 250 g/mol. The largest absolute Gasteiger partial charge is 0.444 e. The number of amides is 1. The minimum atomic E-state index is -0.431. The molecule has 0 saturated heterocycles. The van der Waals surface area contributed by atoms with Gasteiger partial charge in [0.2, 0.25) is 0 Å². The van der Waals surface area contributed by atoms with Gasteiger partial charge < -0.3 is 10.1 Å². The van der Waals surface area contributed by atoms with Gasteiger partial charge in [0.1, 0.15) is 5.60 Å². The van der Waals surface area contributed by atoms with Crippen LogP contribution >= 0.6 is 0 Å². The molecule has 1 spiro atoms. The van der Waals surface area contributed by atoms with E-state index >= 15 is 0 Å². The Morgan fingerprint density at radius 2 is 2.00 bits per heavy atom. The summed E-state index contributed by atoms with van der Waals surface area (Å²) >= 11 is 0. The standard InChI is InChI=1S/C14H22N2O2/c1-13(2,3)18-12(17)16-11-8-14(9-11)6-10(7-14)4-5-15/h10-11H,4,6-9H2,1-3H3,(H,16,17). The van der Waals surface area contributed by atoms with Crippen LogP contribution in [0, 0.1) is 22.7 Å². The Kier molecular flexibility index (Phi) is 3.27. The fourth-order valence-corrected chi connectivity index (χ4v) is 3.33. The molecule has 0 aromatic rings. The third-order valence-electron chi connectivity index (χ3n) is 3.90. The van der Waals surface area contributed by atoms with Crippen LogP contribution in [0.1, 0.15) is 52.9 Å². The molecule has 0 unspecified atom stereocenters. The molecule has 2 saturated carbocycles. The highest BCUT2D eigenvalue weighted by molar-refractivity contribution is 5.68. The van der Waals surface area contributed by atoms with Crippen molar-refractivity contribution < 1.29 is 9.53 Å². The summed E-state index contributed by atoms with van der Waals surface area (Å²) in [7, 11) is 0. The van der Waals surface area contributed by atoms with Gasteiger partial charge in [-0.25, -0.2) is 4.79 Å². The highest BCUT2D eigenvalue weighted by Crippen LogP contribution is 2.59. The summed E-state index contributed by atoms with van der Waals surface area (Å²) in [5.74, 6) is 0.595. The molecule has 4 heteroatoms. The summed E-state index contributed by atoms with van der Waals surface area (Å²) in [6, 6.07) is 2.50. The molecular formula is C14H22N2O2. The predicted molar refractivity (Wildman–Crippen MR) is 67.8 cm³/mol. The first-order valence-corrected chi connectivity index (χ1v) is 6.68. The first-order valence-electron chi connectivity index (χ1n) is 6.68. The van der Waals surface area contributed by atoms with E-state index in [9.17, 15) is 4.79 Å². The van der Waals surface area contributed by atoms with Gasteiger partial charge in [0.05, 0.1) is 6.07 Å². The lowest BCUT2D eigenvalue weighted by atomic mass is 9.49. The van der Waals surface area contributed by atoms with Gasteiger partial charge >= 0.3 is 6.09 Å². The van der Waals surface area contributed by atoms with Crippen molar-refractivity contribution in [1.82, 2.24) is 5.32 Å². The number of carbonyl (C=O) groups excluding carboxylic acids is 1. The molecule has 4 nitrogen and oxygen atoms in total. The summed E-state index contributed by atoms with van der Waals surface area (Å²) in [6.45, 7) is 5.60. The Labute approximate surface area is 109 Å². The number of nitrogens with zero attached hydrogens (tertiary/aromatic N) is 1. The van der Waals surface area contributed by atoms with Crippen LogP contribution in [0.5, 0.6) is 0 Å². The van der Waals surface area contributed by atoms with Crippen molar-refractivity contribution in [1.29, 1.82) is 5.26 Å². The maximum absolute atomic E-state index is 11.6. The van der Waals surface area contributed by atoms with Crippen molar-refractivity contribution in [3.63, 3.8) is 0 Å². The van der Waals surface area contributed by atoms with E-state index in [1.165, 1.54) is 0 Å². The highest BCUT2D eigenvalue weighted by atomic mass is 16.6. The minimum Gasteiger partial charge on any atom is -0.444 e. The zero-order chi connectivity index (χ0) is 13.4. The quantitative estimate of drug-likeness (QED) is 0.819. The van der Waals surface area contributed by atoms with Crippen LogP contribution in [-0.2, 0) is 4.74 Å². The van der Waals surface area contributed by atoms with Crippen LogP contribution < -0.4 is 5.32 Å². The van der Waals surface area contributed by atoms with E-state index in [1.807, 2.05) is 20.8 Å². The Bertz CT molecular complexity index is 364. The Morgan fingerprint density at radius 1 is 1.39 bits per heavy atom. The maximum atomic E-state index is 11.6. The van der Waals surface area contributed by atoms with Gasteiger partial charge in [0.25, 0.3) is 0 Å². The summed E-state index contributed by atoms with van der Waals surface area (Å²) in [5, 5.41) is 11.5. The van der Waals surface area contributed by atoms with Gasteiger partial charge in [0.15, 0.2) is 0 Å². The molecule has 1 N–H and O–H groups in total. The van der Waals surface area contributed by atoms with Crippen LogP contribution in [0.3, 0.4) is 0 Å². The molecule has 18 heavy (non-hydrogen) atoms. The average Bonchev–Trinajstić information content (AvgIpc) is 2.07. The number of rotatable bonds is 2. The number of nitriles is 1. The molecule has 1 amide bonds. The summed E-state index contributed by atoms with van der Waals surface area (Å²) in [5.41, 5.74) is 0.00107. The topological polar surface area (TPSA) is 62.1 Å². The lowest BCUT2D eigenvalue weighted by Gasteiger charge is -2.57. The van der Waals surface area contributed by atoms with Gasteiger partial charge in [-0.05, 0) is 57.8 Å². The fourth-order valence-electron chi connectivity index (χ4n) is 3.33. The van der Waals surface area contributed by atoms with E-state index in [0.29, 0.717) is 17.8 Å². The van der Waals surface area contributed by atoms with E-state index in [2.05, 4.69) is 11.4 Å². The molecule has 2 fully saturated rings. The normalized spacial score (nSPS) is 34.1. The van der Waals surface area contributed by atoms with Gasteiger partial charge in [-0.1, -0.05) is 0 Å². The maximum Gasteiger partial charge on any atom is 0.407 e. The van der Waals surface area contributed by atoms with Crippen LogP contribution in [0.2, 0.25) is 0 Å². The van der Waals surface area contributed by atoms with Gasteiger partial charge in [-0.15, -0.1) is 0 Å². The van der Waals surface area contributed by atoms with Gasteiger partial charge in [-0.2, -0.15) is 5.26 Å². The molecule has 2 rings (SSSR count). The third-order valence-corrected chi connectivity index (χ3v) is 3.90. The summed E-state index contributed by atoms with van der Waals surface area (Å²) in [4.78, 5) is 11.6. The first-order chi connectivity index (χ1) is 8.32. The summed E-state index contributed by atoms with van der Waals surface area (Å²) in [6.07, 6.45) is 4.80. The second kappa shape index (κ2) is 4.46. The zero-order valence-corrected chi connectivity index (χ0v) is 11.5. The predicted octanol–water partition coefficient (Wildman–Crippen LogP) is 2.98. The van der Waals surface area contributed by atoms with E-state index < -0.39 is 5.60 Å². The second-order valence-electron chi connectivity index (χ2n) is 6.89. The smallest absolute Gasteiger partial charge is 0.407 e. The molecule has 100 valence electrons. The number of carbonyl (C=O) groups is 1. The molecule has 0 radical (unpaired) electrons. The van der Waals surface area contributed by atoms with E-state index in [0.717, 1.165) is 25.7 Å². The molecular weight excluding hydrogens is 228 g/mol. The van der Waals surface area contributed by atoms with E-state index in [4.69, 9.17) is 10.00 Å². The number of ether oxygens (including phenoxy) is 1. The van der Waals surface area contributed by atoms with Crippen LogP contribution in [0.25, 0.3) is 0 Å². The van der Waals surface area contributed by atoms with Crippen LogP contribution in [-0.4, -0.2) is 17.7 Å². The molecule has 0 aromatic carbocycles. The zero-order valence-electron chi connectivity index (χ0n) is 11.5. The number of hydrogen-bond donors (Lipinski definition) is 1. The highest BCUT2D eigenvalue weighted by Gasteiger charge is 2.52. The number of hydrogen-bond acceptors (Lipinski definition) is 3. The van der Waals surface area contributed by atoms with Crippen LogP contribution in [0.4, 0.5) is 4.79 Å². The van der Waals surface area contributed by atoms with Crippen molar-refractivity contribution in [3.05, 3.63) is 0 Å². The van der Waals surface area contributed by atoms with Crippen molar-refractivity contribution in [2.45, 2.75) is 64.5 Å². The first kappa shape index (κ1) is 13.2. The average molecular weight is 250 g/mol. The molecule has 0 atom stereocenters. The Balaban J connectivity index is 1.66. The fraction of sp³-hybridized carbons (Fsp3) is 0.857. The Morgan fingerprint density at radius 3 is 2.50 bits per heavy atom. The molecule has 2 aliphatic carbocycles. The SMILES string of the molecule is CC(C)(C)OC(=O)NC1CC2(CC(CC#N)C2)C1. The molecule has 0 aromatic heterocycles. The van der Waals surface area contributed by atoms with Gasteiger partial charge in [0, 0.05) is 12.5 Å². The third kappa shape index (κ3) is 2.95. The molecule has 0 aliphatic heterocycles. The Hall–Kier alpha value is -1.24. The van der Waals surface area contributed by atoms with Gasteiger partial charge in [-0.3, -0.25) is 0 Å². The van der Waals surface area contributed by atoms with E-state index in [-0.39, 0.29) is 12.1 Å². The molecule has 2 aliphatic rings. The lowest BCUT2D eigenvalue weighted by molar-refractivity contribution is -0.0491. The lowest BCUT2D eigenvalue weighted by Crippen LogP contribution is -2.56. The van der Waals surface area contributed by atoms with Crippen LogP contribution in [0.15, 0.2) is 0 Å². The van der Waals surface area contributed by atoms with E-state index in [1.54, 1.807) is 0 Å².